The molecule has 1 amide bonds. The number of piperidine rings is 1. The molecule has 27 heavy (non-hydrogen) atoms. The largest absolute Gasteiger partial charge is 0.492 e. The Bertz CT molecular complexity index is 830. The summed E-state index contributed by atoms with van der Waals surface area (Å²) in [6, 6.07) is 12.9. The van der Waals surface area contributed by atoms with Crippen LogP contribution in [0.2, 0.25) is 0 Å². The summed E-state index contributed by atoms with van der Waals surface area (Å²) in [6.45, 7) is 1.69. The molecular formula is C19H24N2O4S2. The highest BCUT2D eigenvalue weighted by Gasteiger charge is 2.33. The molecule has 0 radical (unpaired) electrons. The molecule has 0 atom stereocenters. The first-order chi connectivity index (χ1) is 13.0. The molecule has 0 aliphatic carbocycles. The fourth-order valence-electron chi connectivity index (χ4n) is 3.12. The molecule has 146 valence electrons. The van der Waals surface area contributed by atoms with Gasteiger partial charge in [0, 0.05) is 26.1 Å². The van der Waals surface area contributed by atoms with Gasteiger partial charge in [-0.3, -0.25) is 4.79 Å². The molecular weight excluding hydrogens is 384 g/mol. The van der Waals surface area contributed by atoms with Crippen molar-refractivity contribution in [2.45, 2.75) is 17.1 Å². The van der Waals surface area contributed by atoms with E-state index in [1.165, 1.54) is 15.6 Å². The number of benzene rings is 1. The molecule has 1 aliphatic rings. The minimum Gasteiger partial charge on any atom is -0.492 e. The van der Waals surface area contributed by atoms with E-state index < -0.39 is 10.0 Å². The molecule has 0 N–H and O–H groups in total. The van der Waals surface area contributed by atoms with E-state index in [0.717, 1.165) is 5.75 Å². The Balaban J connectivity index is 1.46. The molecule has 1 aliphatic heterocycles. The number of ether oxygens (including phenoxy) is 1. The van der Waals surface area contributed by atoms with Gasteiger partial charge >= 0.3 is 0 Å². The van der Waals surface area contributed by atoms with Gasteiger partial charge < -0.3 is 9.64 Å². The van der Waals surface area contributed by atoms with Gasteiger partial charge in [0.1, 0.15) is 16.6 Å². The lowest BCUT2D eigenvalue weighted by molar-refractivity contribution is -0.135. The standard InChI is InChI=1S/C19H24N2O4S2/c1-20(13-14-25-17-6-3-2-4-7-17)19(22)16-9-11-21(12-10-16)27(23,24)18-8-5-15-26-18/h2-8,15-16H,9-14H2,1H3. The topological polar surface area (TPSA) is 66.9 Å². The maximum Gasteiger partial charge on any atom is 0.252 e. The Hall–Kier alpha value is -1.90. The van der Waals surface area contributed by atoms with Crippen molar-refractivity contribution in [3.05, 3.63) is 47.8 Å². The normalized spacial score (nSPS) is 16.2. The number of likely N-dealkylation sites (N-methyl/N-ethyl adjacent to an activating group) is 1. The van der Waals surface area contributed by atoms with Crippen LogP contribution in [0.1, 0.15) is 12.8 Å². The van der Waals surface area contributed by atoms with Crippen molar-refractivity contribution >= 4 is 27.3 Å². The summed E-state index contributed by atoms with van der Waals surface area (Å²) in [5, 5.41) is 1.76. The maximum absolute atomic E-state index is 12.6. The molecule has 1 saturated heterocycles. The third kappa shape index (κ3) is 4.88. The lowest BCUT2D eigenvalue weighted by Crippen LogP contribution is -2.44. The second kappa shape index (κ2) is 8.86. The van der Waals surface area contributed by atoms with Crippen LogP contribution in [-0.2, 0) is 14.8 Å². The Labute approximate surface area is 164 Å². The van der Waals surface area contributed by atoms with Gasteiger partial charge in [0.05, 0.1) is 6.54 Å². The monoisotopic (exact) mass is 408 g/mol. The van der Waals surface area contributed by atoms with Crippen LogP contribution in [0.5, 0.6) is 5.75 Å². The van der Waals surface area contributed by atoms with E-state index in [2.05, 4.69) is 0 Å². The lowest BCUT2D eigenvalue weighted by atomic mass is 9.97. The minimum atomic E-state index is -3.43. The highest BCUT2D eigenvalue weighted by Crippen LogP contribution is 2.27. The first-order valence-electron chi connectivity index (χ1n) is 8.95. The summed E-state index contributed by atoms with van der Waals surface area (Å²) in [7, 11) is -1.66. The zero-order chi connectivity index (χ0) is 19.3. The predicted molar refractivity (Wildman–Crippen MR) is 105 cm³/mol. The van der Waals surface area contributed by atoms with Crippen molar-refractivity contribution in [2.24, 2.45) is 5.92 Å². The number of rotatable bonds is 7. The van der Waals surface area contributed by atoms with Gasteiger partial charge in [-0.1, -0.05) is 24.3 Å². The van der Waals surface area contributed by atoms with Crippen molar-refractivity contribution in [1.82, 2.24) is 9.21 Å². The predicted octanol–water partition coefficient (Wildman–Crippen LogP) is 2.69. The fraction of sp³-hybridized carbons (Fsp3) is 0.421. The molecule has 1 aromatic heterocycles. The summed E-state index contributed by atoms with van der Waals surface area (Å²) in [6.07, 6.45) is 1.10. The highest BCUT2D eigenvalue weighted by atomic mass is 32.2. The molecule has 1 fully saturated rings. The number of para-hydroxylation sites is 1. The van der Waals surface area contributed by atoms with Crippen LogP contribution in [0.4, 0.5) is 0 Å². The van der Waals surface area contributed by atoms with Gasteiger partial charge in [0.2, 0.25) is 5.91 Å². The Kier molecular flexibility index (Phi) is 6.51. The summed E-state index contributed by atoms with van der Waals surface area (Å²) < 4.78 is 32.6. The molecule has 2 aromatic rings. The van der Waals surface area contributed by atoms with Crippen LogP contribution in [0.3, 0.4) is 0 Å². The van der Waals surface area contributed by atoms with Crippen molar-refractivity contribution in [3.63, 3.8) is 0 Å². The Morgan fingerprint density at radius 1 is 1.19 bits per heavy atom. The van der Waals surface area contributed by atoms with Gasteiger partial charge in [-0.2, -0.15) is 4.31 Å². The first-order valence-corrected chi connectivity index (χ1v) is 11.3. The number of hydrogen-bond acceptors (Lipinski definition) is 5. The number of carbonyl (C=O) groups excluding carboxylic acids is 1. The van der Waals surface area contributed by atoms with Crippen LogP contribution in [-0.4, -0.2) is 56.8 Å². The number of nitrogens with zero attached hydrogens (tertiary/aromatic N) is 2. The van der Waals surface area contributed by atoms with Crippen molar-refractivity contribution < 1.29 is 17.9 Å². The summed E-state index contributed by atoms with van der Waals surface area (Å²) in [5.74, 6) is 0.701. The van der Waals surface area contributed by atoms with E-state index in [0.29, 0.717) is 43.3 Å². The second-order valence-corrected chi connectivity index (χ2v) is 9.64. The van der Waals surface area contributed by atoms with Crippen molar-refractivity contribution in [1.29, 1.82) is 0 Å². The van der Waals surface area contributed by atoms with Gasteiger partial charge in [-0.25, -0.2) is 8.42 Å². The number of hydrogen-bond donors (Lipinski definition) is 0. The maximum atomic E-state index is 12.6. The fourth-order valence-corrected chi connectivity index (χ4v) is 5.73. The lowest BCUT2D eigenvalue weighted by Gasteiger charge is -2.32. The van der Waals surface area contributed by atoms with E-state index in [1.807, 2.05) is 30.3 Å². The molecule has 6 nitrogen and oxygen atoms in total. The SMILES string of the molecule is CN(CCOc1ccccc1)C(=O)C1CCN(S(=O)(=O)c2cccs2)CC1. The molecule has 0 bridgehead atoms. The smallest absolute Gasteiger partial charge is 0.252 e. The van der Waals surface area contributed by atoms with E-state index in [-0.39, 0.29) is 11.8 Å². The molecule has 3 rings (SSSR count). The van der Waals surface area contributed by atoms with E-state index >= 15 is 0 Å². The number of carbonyl (C=O) groups is 1. The minimum absolute atomic E-state index is 0.0554. The van der Waals surface area contributed by atoms with Gasteiger partial charge in [0.25, 0.3) is 10.0 Å². The second-order valence-electron chi connectivity index (χ2n) is 6.53. The number of thiophene rings is 1. The van der Waals surface area contributed by atoms with E-state index in [1.54, 1.807) is 29.5 Å². The first kappa shape index (κ1) is 19.9. The zero-order valence-electron chi connectivity index (χ0n) is 15.3. The van der Waals surface area contributed by atoms with Crippen LogP contribution >= 0.6 is 11.3 Å². The molecule has 2 heterocycles. The average Bonchev–Trinajstić information content (AvgIpc) is 3.24. The number of sulfonamides is 1. The molecule has 0 unspecified atom stereocenters. The third-order valence-electron chi connectivity index (χ3n) is 4.71. The summed E-state index contributed by atoms with van der Waals surface area (Å²) in [4.78, 5) is 14.3. The van der Waals surface area contributed by atoms with E-state index in [9.17, 15) is 13.2 Å². The number of amides is 1. The van der Waals surface area contributed by atoms with Crippen molar-refractivity contribution in [3.8, 4) is 5.75 Å². The Morgan fingerprint density at radius 2 is 1.89 bits per heavy atom. The van der Waals surface area contributed by atoms with Gasteiger partial charge in [-0.15, -0.1) is 11.3 Å². The van der Waals surface area contributed by atoms with Gasteiger partial charge in [0.15, 0.2) is 0 Å². The zero-order valence-corrected chi connectivity index (χ0v) is 16.9. The van der Waals surface area contributed by atoms with E-state index in [4.69, 9.17) is 4.74 Å². The van der Waals surface area contributed by atoms with Gasteiger partial charge in [-0.05, 0) is 36.4 Å². The Morgan fingerprint density at radius 3 is 2.52 bits per heavy atom. The quantitative estimate of drug-likeness (QED) is 0.706. The van der Waals surface area contributed by atoms with Crippen LogP contribution < -0.4 is 4.74 Å². The van der Waals surface area contributed by atoms with Crippen LogP contribution in [0.25, 0.3) is 0 Å². The molecule has 0 spiro atoms. The molecule has 1 aromatic carbocycles. The highest BCUT2D eigenvalue weighted by molar-refractivity contribution is 7.91. The molecule has 0 saturated carbocycles. The molecule has 8 heteroatoms. The van der Waals surface area contributed by atoms with Crippen LogP contribution in [0, 0.1) is 5.92 Å². The summed E-state index contributed by atoms with van der Waals surface area (Å²) in [5.41, 5.74) is 0. The average molecular weight is 409 g/mol. The summed E-state index contributed by atoms with van der Waals surface area (Å²) >= 11 is 1.22. The third-order valence-corrected chi connectivity index (χ3v) is 7.98. The van der Waals surface area contributed by atoms with Crippen molar-refractivity contribution in [2.75, 3.05) is 33.3 Å². The van der Waals surface area contributed by atoms with Crippen LogP contribution in [0.15, 0.2) is 52.1 Å².